The minimum atomic E-state index is -0.821. The van der Waals surface area contributed by atoms with Gasteiger partial charge in [0.2, 0.25) is 5.56 Å². The molecule has 2 aromatic rings. The molecule has 0 aromatic heterocycles. The van der Waals surface area contributed by atoms with E-state index in [0.29, 0.717) is 11.1 Å². The molecule has 0 heterocycles. The summed E-state index contributed by atoms with van der Waals surface area (Å²) in [7, 11) is 1.59. The molecule has 0 aliphatic rings. The van der Waals surface area contributed by atoms with Gasteiger partial charge in [-0.05, 0) is 24.3 Å². The second kappa shape index (κ2) is 6.25. The summed E-state index contributed by atoms with van der Waals surface area (Å²) in [5.74, 6) is 0.276. The smallest absolute Gasteiger partial charge is 0.339 e. The van der Waals surface area contributed by atoms with Gasteiger partial charge in [0.05, 0.1) is 12.7 Å². The Morgan fingerprint density at radius 2 is 1.68 bits per heavy atom. The maximum atomic E-state index is 11.8. The molecule has 0 fully saturated rings. The van der Waals surface area contributed by atoms with E-state index in [-0.39, 0.29) is 0 Å². The predicted molar refractivity (Wildman–Crippen MR) is 73.4 cm³/mol. The molecule has 98 valence electrons. The van der Waals surface area contributed by atoms with Gasteiger partial charge in [0, 0.05) is 5.56 Å². The molecule has 0 bridgehead atoms. The standard InChI is InChI=1S/C15H13ClO3/c1-18-13-9-7-11(8-10-13)14(16)19-15(17)12-5-3-2-4-6-12/h2-10,14H,1H3. The fraction of sp³-hybridized carbons (Fsp3) is 0.133. The summed E-state index contributed by atoms with van der Waals surface area (Å²) in [5.41, 5.74) is 0.354. The Morgan fingerprint density at radius 3 is 2.26 bits per heavy atom. The lowest BCUT2D eigenvalue weighted by atomic mass is 10.2. The van der Waals surface area contributed by atoms with Gasteiger partial charge in [-0.1, -0.05) is 41.9 Å². The van der Waals surface area contributed by atoms with Crippen molar-refractivity contribution in [3.8, 4) is 5.75 Å². The van der Waals surface area contributed by atoms with Crippen molar-refractivity contribution in [2.24, 2.45) is 0 Å². The maximum absolute atomic E-state index is 11.8. The van der Waals surface area contributed by atoms with Crippen LogP contribution in [0.2, 0.25) is 0 Å². The van der Waals surface area contributed by atoms with Crippen molar-refractivity contribution < 1.29 is 14.3 Å². The molecular weight excluding hydrogens is 264 g/mol. The molecule has 4 heteroatoms. The van der Waals surface area contributed by atoms with Crippen molar-refractivity contribution >= 4 is 17.6 Å². The number of carbonyl (C=O) groups is 1. The highest BCUT2D eigenvalue weighted by Crippen LogP contribution is 2.25. The van der Waals surface area contributed by atoms with Crippen molar-refractivity contribution in [1.29, 1.82) is 0 Å². The van der Waals surface area contributed by atoms with E-state index in [1.54, 1.807) is 55.6 Å². The predicted octanol–water partition coefficient (Wildman–Crippen LogP) is 3.79. The number of benzene rings is 2. The molecule has 0 aliphatic heterocycles. The van der Waals surface area contributed by atoms with Gasteiger partial charge in [-0.15, -0.1) is 0 Å². The van der Waals surface area contributed by atoms with Gasteiger partial charge in [-0.3, -0.25) is 0 Å². The molecule has 3 nitrogen and oxygen atoms in total. The molecule has 0 radical (unpaired) electrons. The van der Waals surface area contributed by atoms with E-state index in [1.807, 2.05) is 6.07 Å². The zero-order valence-electron chi connectivity index (χ0n) is 10.4. The maximum Gasteiger partial charge on any atom is 0.339 e. The van der Waals surface area contributed by atoms with Crippen molar-refractivity contribution in [2.75, 3.05) is 7.11 Å². The molecule has 1 atom stereocenters. The van der Waals surface area contributed by atoms with Crippen molar-refractivity contribution in [2.45, 2.75) is 5.56 Å². The minimum absolute atomic E-state index is 0.448. The second-order valence-corrected chi connectivity index (χ2v) is 4.26. The van der Waals surface area contributed by atoms with Crippen molar-refractivity contribution in [1.82, 2.24) is 0 Å². The van der Waals surface area contributed by atoms with Crippen LogP contribution in [-0.4, -0.2) is 13.1 Å². The number of methoxy groups -OCH3 is 1. The number of hydrogen-bond acceptors (Lipinski definition) is 3. The number of alkyl halides is 1. The fourth-order valence-electron chi connectivity index (χ4n) is 1.56. The highest BCUT2D eigenvalue weighted by atomic mass is 35.5. The summed E-state index contributed by atoms with van der Waals surface area (Å²) < 4.78 is 10.2. The van der Waals surface area contributed by atoms with E-state index in [2.05, 4.69) is 0 Å². The zero-order chi connectivity index (χ0) is 13.7. The third-order valence-corrected chi connectivity index (χ3v) is 2.94. The second-order valence-electron chi connectivity index (χ2n) is 3.86. The van der Waals surface area contributed by atoms with Gasteiger partial charge in [0.25, 0.3) is 0 Å². The monoisotopic (exact) mass is 276 g/mol. The molecule has 2 aromatic carbocycles. The first-order valence-corrected chi connectivity index (χ1v) is 6.18. The summed E-state index contributed by atoms with van der Waals surface area (Å²) >= 11 is 6.06. The van der Waals surface area contributed by atoms with Crippen LogP contribution < -0.4 is 4.74 Å². The normalized spacial score (nSPS) is 11.7. The number of hydrogen-bond donors (Lipinski definition) is 0. The summed E-state index contributed by atoms with van der Waals surface area (Å²) in [4.78, 5) is 11.8. The molecule has 0 aliphatic carbocycles. The molecule has 0 saturated heterocycles. The lowest BCUT2D eigenvalue weighted by molar-refractivity contribution is 0.0446. The van der Waals surface area contributed by atoms with Crippen molar-refractivity contribution in [3.05, 3.63) is 65.7 Å². The van der Waals surface area contributed by atoms with Crippen LogP contribution in [0.5, 0.6) is 5.75 Å². The van der Waals surface area contributed by atoms with Crippen LogP contribution in [0.3, 0.4) is 0 Å². The van der Waals surface area contributed by atoms with Crippen LogP contribution in [0.4, 0.5) is 0 Å². The van der Waals surface area contributed by atoms with Gasteiger partial charge < -0.3 is 9.47 Å². The summed E-state index contributed by atoms with van der Waals surface area (Å²) in [5, 5.41) is 0. The molecule has 1 unspecified atom stereocenters. The SMILES string of the molecule is COc1ccc(C(Cl)OC(=O)c2ccccc2)cc1. The molecule has 0 spiro atoms. The third kappa shape index (κ3) is 3.48. The Hall–Kier alpha value is -2.00. The third-order valence-electron chi connectivity index (χ3n) is 2.60. The summed E-state index contributed by atoms with van der Waals surface area (Å²) in [6, 6.07) is 15.8. The first-order chi connectivity index (χ1) is 9.20. The molecule has 0 N–H and O–H groups in total. The van der Waals surface area contributed by atoms with E-state index >= 15 is 0 Å². The largest absolute Gasteiger partial charge is 0.497 e. The Bertz CT molecular complexity index is 537. The van der Waals surface area contributed by atoms with Gasteiger partial charge >= 0.3 is 5.97 Å². The fourth-order valence-corrected chi connectivity index (χ4v) is 1.79. The minimum Gasteiger partial charge on any atom is -0.497 e. The van der Waals surface area contributed by atoms with E-state index in [1.165, 1.54) is 0 Å². The molecular formula is C15H13ClO3. The van der Waals surface area contributed by atoms with E-state index < -0.39 is 11.5 Å². The van der Waals surface area contributed by atoms with Crippen molar-refractivity contribution in [3.63, 3.8) is 0 Å². The van der Waals surface area contributed by atoms with E-state index in [4.69, 9.17) is 21.1 Å². The van der Waals surface area contributed by atoms with Gasteiger partial charge in [-0.2, -0.15) is 0 Å². The molecule has 0 saturated carbocycles. The Balaban J connectivity index is 2.04. The lowest BCUT2D eigenvalue weighted by Crippen LogP contribution is -2.07. The van der Waals surface area contributed by atoms with E-state index in [9.17, 15) is 4.79 Å². The molecule has 0 amide bonds. The quantitative estimate of drug-likeness (QED) is 0.629. The van der Waals surface area contributed by atoms with Gasteiger partial charge in [0.1, 0.15) is 5.75 Å². The first kappa shape index (κ1) is 13.4. The van der Waals surface area contributed by atoms with Crippen LogP contribution in [0.1, 0.15) is 21.5 Å². The number of ether oxygens (including phenoxy) is 2. The summed E-state index contributed by atoms with van der Waals surface area (Å²) in [6.07, 6.45) is 0. The van der Waals surface area contributed by atoms with Crippen LogP contribution in [0.25, 0.3) is 0 Å². The number of rotatable bonds is 4. The average molecular weight is 277 g/mol. The summed E-state index contributed by atoms with van der Waals surface area (Å²) in [6.45, 7) is 0. The first-order valence-electron chi connectivity index (χ1n) is 5.75. The van der Waals surface area contributed by atoms with Gasteiger partial charge in [-0.25, -0.2) is 4.79 Å². The van der Waals surface area contributed by atoms with E-state index in [0.717, 1.165) is 5.75 Å². The topological polar surface area (TPSA) is 35.5 Å². The molecule has 2 rings (SSSR count). The Kier molecular flexibility index (Phi) is 4.42. The van der Waals surface area contributed by atoms with Crippen LogP contribution >= 0.6 is 11.6 Å². The zero-order valence-corrected chi connectivity index (χ0v) is 11.1. The average Bonchev–Trinajstić information content (AvgIpc) is 2.48. The lowest BCUT2D eigenvalue weighted by Gasteiger charge is -2.12. The number of esters is 1. The number of carbonyl (C=O) groups excluding carboxylic acids is 1. The van der Waals surface area contributed by atoms with Crippen LogP contribution in [0.15, 0.2) is 54.6 Å². The van der Waals surface area contributed by atoms with Crippen LogP contribution in [0, 0.1) is 0 Å². The highest BCUT2D eigenvalue weighted by molar-refractivity contribution is 6.20. The number of halogens is 1. The highest BCUT2D eigenvalue weighted by Gasteiger charge is 2.15. The van der Waals surface area contributed by atoms with Gasteiger partial charge in [0.15, 0.2) is 0 Å². The Labute approximate surface area is 116 Å². The molecule has 19 heavy (non-hydrogen) atoms. The Morgan fingerprint density at radius 1 is 1.05 bits per heavy atom. The van der Waals surface area contributed by atoms with Crippen LogP contribution in [-0.2, 0) is 4.74 Å².